The first kappa shape index (κ1) is 11.6. The standard InChI is InChI=1S/C8H9BFNO4/c10-8-3-7(9(13)14)2-1-6(8)4-11(15)5-12/h1-3,5,13-15H,4H2. The van der Waals surface area contributed by atoms with E-state index < -0.39 is 12.9 Å². The maximum Gasteiger partial charge on any atom is 0.488 e. The molecule has 0 spiro atoms. The van der Waals surface area contributed by atoms with E-state index >= 15 is 0 Å². The van der Waals surface area contributed by atoms with Crippen molar-refractivity contribution in [2.75, 3.05) is 0 Å². The van der Waals surface area contributed by atoms with E-state index in [9.17, 15) is 9.18 Å². The number of carbonyl (C=O) groups excluding carboxylic acids is 1. The van der Waals surface area contributed by atoms with E-state index in [-0.39, 0.29) is 29.0 Å². The van der Waals surface area contributed by atoms with E-state index in [0.29, 0.717) is 0 Å². The Morgan fingerprint density at radius 3 is 2.60 bits per heavy atom. The third-order valence-corrected chi connectivity index (χ3v) is 1.83. The van der Waals surface area contributed by atoms with Crippen molar-refractivity contribution in [3.63, 3.8) is 0 Å². The summed E-state index contributed by atoms with van der Waals surface area (Å²) in [5.74, 6) is -0.721. The first-order chi connectivity index (χ1) is 7.04. The zero-order valence-electron chi connectivity index (χ0n) is 7.67. The van der Waals surface area contributed by atoms with Gasteiger partial charge in [0.15, 0.2) is 0 Å². The molecule has 0 aliphatic rings. The number of amides is 1. The molecule has 0 atom stereocenters. The average Bonchev–Trinajstić information content (AvgIpc) is 2.20. The van der Waals surface area contributed by atoms with Gasteiger partial charge in [-0.05, 0) is 11.5 Å². The summed E-state index contributed by atoms with van der Waals surface area (Å²) >= 11 is 0. The Morgan fingerprint density at radius 1 is 1.47 bits per heavy atom. The lowest BCUT2D eigenvalue weighted by atomic mass is 9.80. The molecule has 0 aromatic heterocycles. The van der Waals surface area contributed by atoms with Gasteiger partial charge in [0.25, 0.3) is 0 Å². The van der Waals surface area contributed by atoms with Crippen LogP contribution in [0.4, 0.5) is 4.39 Å². The molecular weight excluding hydrogens is 204 g/mol. The third kappa shape index (κ3) is 3.02. The van der Waals surface area contributed by atoms with Gasteiger partial charge in [-0.1, -0.05) is 12.1 Å². The van der Waals surface area contributed by atoms with Crippen molar-refractivity contribution in [2.24, 2.45) is 0 Å². The van der Waals surface area contributed by atoms with Gasteiger partial charge in [-0.2, -0.15) is 0 Å². The fraction of sp³-hybridized carbons (Fsp3) is 0.125. The molecule has 1 aromatic rings. The first-order valence-electron chi connectivity index (χ1n) is 4.10. The summed E-state index contributed by atoms with van der Waals surface area (Å²) in [6, 6.07) is 3.48. The molecule has 1 amide bonds. The van der Waals surface area contributed by atoms with Crippen LogP contribution in [0.15, 0.2) is 18.2 Å². The van der Waals surface area contributed by atoms with Gasteiger partial charge in [-0.25, -0.2) is 9.45 Å². The molecule has 1 aromatic carbocycles. The second-order valence-corrected chi connectivity index (χ2v) is 2.93. The minimum Gasteiger partial charge on any atom is -0.423 e. The fourth-order valence-corrected chi connectivity index (χ4v) is 1.06. The van der Waals surface area contributed by atoms with Crippen LogP contribution in [-0.2, 0) is 11.3 Å². The number of hydroxylamine groups is 2. The Bertz CT molecular complexity index is 360. The highest BCUT2D eigenvalue weighted by atomic mass is 19.1. The lowest BCUT2D eigenvalue weighted by Crippen LogP contribution is -2.30. The van der Waals surface area contributed by atoms with Crippen LogP contribution in [0.2, 0.25) is 0 Å². The van der Waals surface area contributed by atoms with E-state index in [2.05, 4.69) is 0 Å². The predicted octanol–water partition coefficient (Wildman–Crippen LogP) is -1.15. The van der Waals surface area contributed by atoms with Crippen LogP contribution in [-0.4, -0.2) is 33.8 Å². The summed E-state index contributed by atoms with van der Waals surface area (Å²) in [5, 5.41) is 26.6. The monoisotopic (exact) mass is 213 g/mol. The van der Waals surface area contributed by atoms with Crippen LogP contribution in [0.3, 0.4) is 0 Å². The lowest BCUT2D eigenvalue weighted by molar-refractivity contribution is -0.152. The van der Waals surface area contributed by atoms with Gasteiger partial charge >= 0.3 is 7.12 Å². The van der Waals surface area contributed by atoms with E-state index in [1.165, 1.54) is 12.1 Å². The van der Waals surface area contributed by atoms with Crippen LogP contribution in [0.1, 0.15) is 5.56 Å². The van der Waals surface area contributed by atoms with Crippen molar-refractivity contribution in [3.05, 3.63) is 29.6 Å². The Hall–Kier alpha value is -1.44. The zero-order valence-corrected chi connectivity index (χ0v) is 7.67. The topological polar surface area (TPSA) is 81.0 Å². The minimum atomic E-state index is -1.75. The molecular formula is C8H9BFNO4. The molecule has 0 bridgehead atoms. The van der Waals surface area contributed by atoms with Gasteiger partial charge < -0.3 is 10.0 Å². The third-order valence-electron chi connectivity index (χ3n) is 1.83. The molecule has 0 unspecified atom stereocenters. The van der Waals surface area contributed by atoms with E-state index in [1.54, 1.807) is 0 Å². The second-order valence-electron chi connectivity index (χ2n) is 2.93. The lowest BCUT2D eigenvalue weighted by Gasteiger charge is -2.10. The summed E-state index contributed by atoms with van der Waals surface area (Å²) in [7, 11) is -1.75. The number of hydrogen-bond donors (Lipinski definition) is 3. The predicted molar refractivity (Wildman–Crippen MR) is 49.6 cm³/mol. The van der Waals surface area contributed by atoms with Crippen molar-refractivity contribution in [1.82, 2.24) is 5.06 Å². The van der Waals surface area contributed by atoms with Crippen molar-refractivity contribution in [1.29, 1.82) is 0 Å². The molecule has 1 rings (SSSR count). The SMILES string of the molecule is O=CN(O)Cc1ccc(B(O)O)cc1F. The van der Waals surface area contributed by atoms with Crippen LogP contribution in [0, 0.1) is 5.82 Å². The van der Waals surface area contributed by atoms with Crippen LogP contribution in [0.25, 0.3) is 0 Å². The van der Waals surface area contributed by atoms with Crippen molar-refractivity contribution >= 4 is 19.0 Å². The molecule has 0 aliphatic carbocycles. The van der Waals surface area contributed by atoms with Crippen LogP contribution >= 0.6 is 0 Å². The van der Waals surface area contributed by atoms with E-state index in [0.717, 1.165) is 6.07 Å². The molecule has 7 heteroatoms. The molecule has 5 nitrogen and oxygen atoms in total. The maximum atomic E-state index is 13.2. The molecule has 80 valence electrons. The minimum absolute atomic E-state index is 0.00634. The molecule has 0 radical (unpaired) electrons. The van der Waals surface area contributed by atoms with Crippen LogP contribution < -0.4 is 5.46 Å². The van der Waals surface area contributed by atoms with Crippen molar-refractivity contribution in [2.45, 2.75) is 6.54 Å². The maximum absolute atomic E-state index is 13.2. The average molecular weight is 213 g/mol. The number of halogens is 1. The van der Waals surface area contributed by atoms with Gasteiger partial charge in [-0.15, -0.1) is 0 Å². The Kier molecular flexibility index (Phi) is 3.78. The number of hydrogen-bond acceptors (Lipinski definition) is 4. The highest BCUT2D eigenvalue weighted by Gasteiger charge is 2.14. The summed E-state index contributed by atoms with van der Waals surface area (Å²) in [6.07, 6.45) is 0.147. The Balaban J connectivity index is 2.88. The van der Waals surface area contributed by atoms with Crippen molar-refractivity contribution < 1.29 is 24.4 Å². The summed E-state index contributed by atoms with van der Waals surface area (Å²) in [6.45, 7) is -0.295. The van der Waals surface area contributed by atoms with Gasteiger partial charge in [0.1, 0.15) is 5.82 Å². The molecule has 15 heavy (non-hydrogen) atoms. The summed E-state index contributed by atoms with van der Waals surface area (Å²) < 4.78 is 13.2. The molecule has 0 fully saturated rings. The van der Waals surface area contributed by atoms with Gasteiger partial charge in [0.05, 0.1) is 6.54 Å². The Labute approximate surface area is 85.5 Å². The fourth-order valence-electron chi connectivity index (χ4n) is 1.06. The highest BCUT2D eigenvalue weighted by molar-refractivity contribution is 6.58. The summed E-state index contributed by atoms with van der Waals surface area (Å²) in [5.41, 5.74) is 0.0841. The molecule has 0 saturated carbocycles. The number of benzene rings is 1. The molecule has 0 saturated heterocycles. The normalized spacial score (nSPS) is 9.87. The van der Waals surface area contributed by atoms with Gasteiger partial charge in [0.2, 0.25) is 6.41 Å². The van der Waals surface area contributed by atoms with E-state index in [1.807, 2.05) is 0 Å². The second kappa shape index (κ2) is 4.88. The Morgan fingerprint density at radius 2 is 2.13 bits per heavy atom. The first-order valence-corrected chi connectivity index (χ1v) is 4.10. The van der Waals surface area contributed by atoms with Gasteiger partial charge in [-0.3, -0.25) is 10.0 Å². The summed E-state index contributed by atoms with van der Waals surface area (Å²) in [4.78, 5) is 10.1. The molecule has 0 aliphatic heterocycles. The largest absolute Gasteiger partial charge is 0.488 e. The van der Waals surface area contributed by atoms with Crippen molar-refractivity contribution in [3.8, 4) is 0 Å². The molecule has 0 heterocycles. The molecule has 3 N–H and O–H groups in total. The number of rotatable bonds is 4. The van der Waals surface area contributed by atoms with Crippen LogP contribution in [0.5, 0.6) is 0 Å². The zero-order chi connectivity index (χ0) is 11.4. The van der Waals surface area contributed by atoms with E-state index in [4.69, 9.17) is 15.3 Å². The smallest absolute Gasteiger partial charge is 0.423 e. The quantitative estimate of drug-likeness (QED) is 0.255. The number of carbonyl (C=O) groups is 1. The highest BCUT2D eigenvalue weighted by Crippen LogP contribution is 2.07. The number of nitrogens with zero attached hydrogens (tertiary/aromatic N) is 1. The van der Waals surface area contributed by atoms with Gasteiger partial charge in [0, 0.05) is 5.56 Å².